The Labute approximate surface area is 87.0 Å². The molecule has 2 rings (SSSR count). The van der Waals surface area contributed by atoms with Crippen molar-refractivity contribution in [3.8, 4) is 0 Å². The van der Waals surface area contributed by atoms with Crippen LogP contribution < -0.4 is 5.73 Å². The number of methoxy groups -OCH3 is 1. The fraction of sp³-hybridized carbons (Fsp3) is 0.182. The molecule has 0 aliphatic rings. The van der Waals surface area contributed by atoms with Crippen molar-refractivity contribution >= 4 is 22.6 Å². The maximum atomic E-state index is 11.1. The van der Waals surface area contributed by atoms with Crippen molar-refractivity contribution in [1.82, 2.24) is 4.98 Å². The van der Waals surface area contributed by atoms with Crippen molar-refractivity contribution in [3.63, 3.8) is 0 Å². The molecule has 0 amide bonds. The van der Waals surface area contributed by atoms with Crippen molar-refractivity contribution in [2.45, 2.75) is 6.42 Å². The van der Waals surface area contributed by atoms with Gasteiger partial charge in [-0.25, -0.2) is 0 Å². The van der Waals surface area contributed by atoms with Crippen LogP contribution in [-0.4, -0.2) is 18.1 Å². The Morgan fingerprint density at radius 2 is 2.27 bits per heavy atom. The molecule has 1 aromatic carbocycles. The van der Waals surface area contributed by atoms with E-state index in [0.29, 0.717) is 5.69 Å². The van der Waals surface area contributed by atoms with Gasteiger partial charge in [0.05, 0.1) is 13.5 Å². The van der Waals surface area contributed by atoms with E-state index in [1.165, 1.54) is 7.11 Å². The van der Waals surface area contributed by atoms with Crippen LogP contribution in [0.2, 0.25) is 0 Å². The van der Waals surface area contributed by atoms with Gasteiger partial charge in [0.1, 0.15) is 0 Å². The molecule has 0 saturated carbocycles. The second-order valence-electron chi connectivity index (χ2n) is 3.39. The highest BCUT2D eigenvalue weighted by atomic mass is 16.5. The summed E-state index contributed by atoms with van der Waals surface area (Å²) in [5.41, 5.74) is 8.13. The van der Waals surface area contributed by atoms with Crippen LogP contribution in [0, 0.1) is 0 Å². The van der Waals surface area contributed by atoms with Crippen LogP contribution in [0.3, 0.4) is 0 Å². The Morgan fingerprint density at radius 3 is 3.00 bits per heavy atom. The Morgan fingerprint density at radius 1 is 1.47 bits per heavy atom. The predicted molar refractivity (Wildman–Crippen MR) is 58.4 cm³/mol. The minimum Gasteiger partial charge on any atom is -0.469 e. The molecule has 0 unspecified atom stereocenters. The van der Waals surface area contributed by atoms with E-state index in [-0.39, 0.29) is 12.4 Å². The maximum absolute atomic E-state index is 11.1. The van der Waals surface area contributed by atoms with Gasteiger partial charge in [0, 0.05) is 16.9 Å². The average Bonchev–Trinajstić information content (AvgIpc) is 2.59. The molecular weight excluding hydrogens is 192 g/mol. The highest BCUT2D eigenvalue weighted by Gasteiger charge is 2.06. The molecule has 1 aromatic heterocycles. The normalized spacial score (nSPS) is 10.5. The molecule has 78 valence electrons. The quantitative estimate of drug-likeness (QED) is 0.575. The Balaban J connectivity index is 2.34. The van der Waals surface area contributed by atoms with Crippen molar-refractivity contribution in [3.05, 3.63) is 30.0 Å². The topological polar surface area (TPSA) is 68.1 Å². The number of rotatable bonds is 2. The van der Waals surface area contributed by atoms with Crippen LogP contribution in [0.4, 0.5) is 5.69 Å². The van der Waals surface area contributed by atoms with E-state index in [0.717, 1.165) is 16.6 Å². The van der Waals surface area contributed by atoms with E-state index in [1.54, 1.807) is 0 Å². The number of carbonyl (C=O) groups is 1. The van der Waals surface area contributed by atoms with Crippen molar-refractivity contribution in [2.24, 2.45) is 0 Å². The summed E-state index contributed by atoms with van der Waals surface area (Å²) in [6, 6.07) is 7.52. The number of fused-ring (bicyclic) bond motifs is 1. The summed E-state index contributed by atoms with van der Waals surface area (Å²) in [4.78, 5) is 14.2. The number of aromatic amines is 1. The fourth-order valence-electron chi connectivity index (χ4n) is 1.53. The van der Waals surface area contributed by atoms with E-state index >= 15 is 0 Å². The van der Waals surface area contributed by atoms with Crippen molar-refractivity contribution in [2.75, 3.05) is 12.8 Å². The second-order valence-corrected chi connectivity index (χ2v) is 3.39. The Hall–Kier alpha value is -1.97. The summed E-state index contributed by atoms with van der Waals surface area (Å²) < 4.78 is 4.59. The number of benzene rings is 1. The van der Waals surface area contributed by atoms with Gasteiger partial charge in [0.25, 0.3) is 0 Å². The number of ether oxygens (including phenoxy) is 1. The summed E-state index contributed by atoms with van der Waals surface area (Å²) in [5, 5.41) is 1.04. The Kier molecular flexibility index (Phi) is 2.33. The lowest BCUT2D eigenvalue weighted by Crippen LogP contribution is -2.04. The van der Waals surface area contributed by atoms with E-state index in [1.807, 2.05) is 24.3 Å². The first-order chi connectivity index (χ1) is 7.19. The molecule has 1 heterocycles. The number of nitrogens with two attached hydrogens (primary N) is 1. The fourth-order valence-corrected chi connectivity index (χ4v) is 1.53. The highest BCUT2D eigenvalue weighted by molar-refractivity contribution is 5.84. The van der Waals surface area contributed by atoms with Gasteiger partial charge in [0.15, 0.2) is 0 Å². The number of hydrogen-bond donors (Lipinski definition) is 2. The van der Waals surface area contributed by atoms with Gasteiger partial charge < -0.3 is 15.5 Å². The molecule has 0 atom stereocenters. The molecule has 4 nitrogen and oxygen atoms in total. The smallest absolute Gasteiger partial charge is 0.311 e. The zero-order valence-corrected chi connectivity index (χ0v) is 8.41. The van der Waals surface area contributed by atoms with Crippen molar-refractivity contribution < 1.29 is 9.53 Å². The first-order valence-electron chi connectivity index (χ1n) is 4.63. The number of nitrogen functional groups attached to an aromatic ring is 1. The average molecular weight is 204 g/mol. The van der Waals surface area contributed by atoms with E-state index in [2.05, 4.69) is 9.72 Å². The number of H-pyrrole nitrogens is 1. The predicted octanol–water partition coefficient (Wildman–Crippen LogP) is 1.47. The van der Waals surface area contributed by atoms with E-state index < -0.39 is 0 Å². The lowest BCUT2D eigenvalue weighted by atomic mass is 10.2. The van der Waals surface area contributed by atoms with Gasteiger partial charge in [-0.15, -0.1) is 0 Å². The molecule has 0 aliphatic heterocycles. The summed E-state index contributed by atoms with van der Waals surface area (Å²) in [6.07, 6.45) is 0.255. The number of nitrogens with one attached hydrogen (secondary N) is 1. The van der Waals surface area contributed by atoms with Gasteiger partial charge >= 0.3 is 5.97 Å². The third-order valence-electron chi connectivity index (χ3n) is 2.26. The molecule has 4 heteroatoms. The monoisotopic (exact) mass is 204 g/mol. The third kappa shape index (κ3) is 1.93. The van der Waals surface area contributed by atoms with E-state index in [4.69, 9.17) is 5.73 Å². The molecule has 0 radical (unpaired) electrons. The second kappa shape index (κ2) is 3.65. The number of esters is 1. The number of carbonyl (C=O) groups excluding carboxylic acids is 1. The number of anilines is 1. The van der Waals surface area contributed by atoms with Crippen LogP contribution >= 0.6 is 0 Å². The van der Waals surface area contributed by atoms with Gasteiger partial charge in [-0.1, -0.05) is 6.07 Å². The van der Waals surface area contributed by atoms with Crippen molar-refractivity contribution in [1.29, 1.82) is 0 Å². The summed E-state index contributed by atoms with van der Waals surface area (Å²) >= 11 is 0. The molecule has 0 bridgehead atoms. The molecule has 2 aromatic rings. The van der Waals surface area contributed by atoms with Crippen LogP contribution in [0.1, 0.15) is 5.69 Å². The lowest BCUT2D eigenvalue weighted by molar-refractivity contribution is -0.139. The SMILES string of the molecule is COC(=O)Cc1cc2ccc(N)cc2[nH]1. The third-order valence-corrected chi connectivity index (χ3v) is 2.26. The zero-order chi connectivity index (χ0) is 10.8. The molecule has 0 aliphatic carbocycles. The van der Waals surface area contributed by atoms with Gasteiger partial charge in [-0.2, -0.15) is 0 Å². The van der Waals surface area contributed by atoms with Gasteiger partial charge in [-0.3, -0.25) is 4.79 Å². The Bertz CT molecular complexity index is 502. The first kappa shape index (κ1) is 9.58. The summed E-state index contributed by atoms with van der Waals surface area (Å²) in [6.45, 7) is 0. The summed E-state index contributed by atoms with van der Waals surface area (Å²) in [5.74, 6) is -0.255. The number of aromatic nitrogens is 1. The highest BCUT2D eigenvalue weighted by Crippen LogP contribution is 2.18. The molecule has 0 spiro atoms. The minimum atomic E-state index is -0.255. The largest absolute Gasteiger partial charge is 0.469 e. The lowest BCUT2D eigenvalue weighted by Gasteiger charge is -1.94. The molecule has 0 fully saturated rings. The standard InChI is InChI=1S/C11H12N2O2/c1-15-11(14)6-9-4-7-2-3-8(12)5-10(7)13-9/h2-5,13H,6,12H2,1H3. The number of hydrogen-bond acceptors (Lipinski definition) is 3. The molecule has 3 N–H and O–H groups in total. The van der Waals surface area contributed by atoms with Crippen LogP contribution in [0.5, 0.6) is 0 Å². The molecule has 15 heavy (non-hydrogen) atoms. The zero-order valence-electron chi connectivity index (χ0n) is 8.41. The van der Waals surface area contributed by atoms with E-state index in [9.17, 15) is 4.79 Å². The minimum absolute atomic E-state index is 0.255. The van der Waals surface area contributed by atoms with Gasteiger partial charge in [-0.05, 0) is 23.6 Å². The maximum Gasteiger partial charge on any atom is 0.311 e. The summed E-state index contributed by atoms with van der Waals surface area (Å²) in [7, 11) is 1.38. The first-order valence-corrected chi connectivity index (χ1v) is 4.63. The van der Waals surface area contributed by atoms with Gasteiger partial charge in [0.2, 0.25) is 0 Å². The van der Waals surface area contributed by atoms with Crippen LogP contribution in [0.25, 0.3) is 10.9 Å². The van der Waals surface area contributed by atoms with Crippen LogP contribution in [0.15, 0.2) is 24.3 Å². The van der Waals surface area contributed by atoms with Crippen LogP contribution in [-0.2, 0) is 16.0 Å². The molecule has 0 saturated heterocycles. The molecular formula is C11H12N2O2.